The Morgan fingerprint density at radius 2 is 2.31 bits per heavy atom. The van der Waals surface area contributed by atoms with E-state index in [0.717, 1.165) is 13.0 Å². The lowest BCUT2D eigenvalue weighted by Crippen LogP contribution is -2.17. The third-order valence-corrected chi connectivity index (χ3v) is 2.95. The molecule has 5 N–H and O–H groups in total. The number of hydrogen-bond donors (Lipinski definition) is 3. The van der Waals surface area contributed by atoms with E-state index in [0.29, 0.717) is 6.54 Å². The maximum Gasteiger partial charge on any atom is 0.0502 e. The molecule has 1 aliphatic rings. The van der Waals surface area contributed by atoms with Gasteiger partial charge < -0.3 is 16.8 Å². The number of hydrogen-bond acceptors (Lipinski definition) is 3. The number of benzene rings is 1. The Bertz CT molecular complexity index is 385. The predicted octanol–water partition coefficient (Wildman–Crippen LogP) is 1.56. The highest BCUT2D eigenvalue weighted by atomic mass is 14.9. The quantitative estimate of drug-likeness (QED) is 0.673. The van der Waals surface area contributed by atoms with Crippen LogP contribution in [0, 0.1) is 0 Å². The normalized spacial score (nSPS) is 16.9. The first-order valence-electron chi connectivity index (χ1n) is 5.81. The molecule has 16 heavy (non-hydrogen) atoms. The minimum absolute atomic E-state index is 0.0656. The molecule has 1 aromatic rings. The van der Waals surface area contributed by atoms with E-state index >= 15 is 0 Å². The zero-order chi connectivity index (χ0) is 11.4. The fraction of sp³-hybridized carbons (Fsp3) is 0.385. The SMILES string of the molecule is NCC=CC(N)c1cccc2c1NCCC2. The van der Waals surface area contributed by atoms with E-state index in [2.05, 4.69) is 23.5 Å². The standard InChI is InChI=1S/C13H19N3/c14-8-2-7-12(15)11-6-1-4-10-5-3-9-16-13(10)11/h1-2,4,6-7,12,16H,3,5,8-9,14-15H2. The maximum atomic E-state index is 6.12. The van der Waals surface area contributed by atoms with E-state index in [4.69, 9.17) is 11.5 Å². The third-order valence-electron chi connectivity index (χ3n) is 2.95. The highest BCUT2D eigenvalue weighted by Gasteiger charge is 2.14. The van der Waals surface area contributed by atoms with Crippen LogP contribution in [0.15, 0.2) is 30.4 Å². The molecule has 1 unspecified atom stereocenters. The summed E-state index contributed by atoms with van der Waals surface area (Å²) in [6.07, 6.45) is 6.21. The van der Waals surface area contributed by atoms with E-state index < -0.39 is 0 Å². The Balaban J connectivity index is 2.29. The zero-order valence-corrected chi connectivity index (χ0v) is 9.45. The summed E-state index contributed by atoms with van der Waals surface area (Å²) in [6, 6.07) is 6.27. The Labute approximate surface area is 96.5 Å². The molecule has 0 bridgehead atoms. The molecule has 0 amide bonds. The second-order valence-corrected chi connectivity index (χ2v) is 4.10. The fourth-order valence-corrected chi connectivity index (χ4v) is 2.14. The summed E-state index contributed by atoms with van der Waals surface area (Å²) in [5.74, 6) is 0. The molecule has 0 spiro atoms. The van der Waals surface area contributed by atoms with Crippen LogP contribution in [0.1, 0.15) is 23.6 Å². The second kappa shape index (κ2) is 5.14. The van der Waals surface area contributed by atoms with Gasteiger partial charge in [-0.15, -0.1) is 0 Å². The first kappa shape index (κ1) is 11.2. The summed E-state index contributed by atoms with van der Waals surface area (Å²) >= 11 is 0. The molecule has 1 aliphatic heterocycles. The molecule has 0 saturated heterocycles. The average Bonchev–Trinajstić information content (AvgIpc) is 2.35. The summed E-state index contributed by atoms with van der Waals surface area (Å²) < 4.78 is 0. The van der Waals surface area contributed by atoms with Crippen LogP contribution in [-0.4, -0.2) is 13.1 Å². The van der Waals surface area contributed by atoms with Crippen molar-refractivity contribution in [3.05, 3.63) is 41.5 Å². The number of anilines is 1. The van der Waals surface area contributed by atoms with Crippen molar-refractivity contribution < 1.29 is 0 Å². The molecule has 2 rings (SSSR count). The second-order valence-electron chi connectivity index (χ2n) is 4.10. The molecule has 0 radical (unpaired) electrons. The predicted molar refractivity (Wildman–Crippen MR) is 68.4 cm³/mol. The minimum Gasteiger partial charge on any atom is -0.385 e. The number of nitrogens with one attached hydrogen (secondary N) is 1. The maximum absolute atomic E-state index is 6.12. The summed E-state index contributed by atoms with van der Waals surface area (Å²) in [4.78, 5) is 0. The molecule has 3 heteroatoms. The van der Waals surface area contributed by atoms with Crippen molar-refractivity contribution in [3.63, 3.8) is 0 Å². The highest BCUT2D eigenvalue weighted by molar-refractivity contribution is 5.60. The lowest BCUT2D eigenvalue weighted by molar-refractivity contribution is 0.812. The molecule has 0 aromatic heterocycles. The van der Waals surface area contributed by atoms with E-state index in [-0.39, 0.29) is 6.04 Å². The van der Waals surface area contributed by atoms with Crippen molar-refractivity contribution in [2.75, 3.05) is 18.4 Å². The van der Waals surface area contributed by atoms with Gasteiger partial charge in [0.25, 0.3) is 0 Å². The van der Waals surface area contributed by atoms with Crippen LogP contribution in [0.2, 0.25) is 0 Å². The number of nitrogens with two attached hydrogens (primary N) is 2. The van der Waals surface area contributed by atoms with Crippen LogP contribution in [0.25, 0.3) is 0 Å². The van der Waals surface area contributed by atoms with Gasteiger partial charge in [0.15, 0.2) is 0 Å². The highest BCUT2D eigenvalue weighted by Crippen LogP contribution is 2.29. The van der Waals surface area contributed by atoms with Crippen molar-refractivity contribution in [1.82, 2.24) is 0 Å². The van der Waals surface area contributed by atoms with Gasteiger partial charge in [0, 0.05) is 18.8 Å². The summed E-state index contributed by atoms with van der Waals surface area (Å²) in [7, 11) is 0. The minimum atomic E-state index is -0.0656. The molecule has 3 nitrogen and oxygen atoms in total. The van der Waals surface area contributed by atoms with Crippen molar-refractivity contribution in [2.24, 2.45) is 11.5 Å². The van der Waals surface area contributed by atoms with Crippen LogP contribution in [0.4, 0.5) is 5.69 Å². The number of fused-ring (bicyclic) bond motifs is 1. The Morgan fingerprint density at radius 1 is 1.44 bits per heavy atom. The van der Waals surface area contributed by atoms with Crippen molar-refractivity contribution in [2.45, 2.75) is 18.9 Å². The van der Waals surface area contributed by atoms with E-state index in [9.17, 15) is 0 Å². The third kappa shape index (κ3) is 2.26. The van der Waals surface area contributed by atoms with Crippen molar-refractivity contribution >= 4 is 5.69 Å². The van der Waals surface area contributed by atoms with Crippen LogP contribution >= 0.6 is 0 Å². The first-order chi connectivity index (χ1) is 7.83. The summed E-state index contributed by atoms with van der Waals surface area (Å²) in [5, 5.41) is 3.44. The Morgan fingerprint density at radius 3 is 3.12 bits per heavy atom. The molecule has 86 valence electrons. The van der Waals surface area contributed by atoms with Gasteiger partial charge in [0.2, 0.25) is 0 Å². The van der Waals surface area contributed by atoms with Crippen LogP contribution in [0.5, 0.6) is 0 Å². The molecule has 1 aromatic carbocycles. The van der Waals surface area contributed by atoms with Gasteiger partial charge >= 0.3 is 0 Å². The van der Waals surface area contributed by atoms with Crippen molar-refractivity contribution in [1.29, 1.82) is 0 Å². The Hall–Kier alpha value is -1.32. The summed E-state index contributed by atoms with van der Waals surface area (Å²) in [5.41, 5.74) is 15.3. The van der Waals surface area contributed by atoms with E-state index in [1.165, 1.54) is 23.2 Å². The van der Waals surface area contributed by atoms with Crippen LogP contribution in [-0.2, 0) is 6.42 Å². The number of aryl methyl sites for hydroxylation is 1. The van der Waals surface area contributed by atoms with E-state index in [1.807, 2.05) is 12.2 Å². The molecule has 0 aliphatic carbocycles. The van der Waals surface area contributed by atoms with Gasteiger partial charge in [-0.3, -0.25) is 0 Å². The molecule has 1 atom stereocenters. The lowest BCUT2D eigenvalue weighted by atomic mass is 9.95. The topological polar surface area (TPSA) is 64.1 Å². The average molecular weight is 217 g/mol. The molecular formula is C13H19N3. The number of rotatable bonds is 3. The molecule has 0 saturated carbocycles. The largest absolute Gasteiger partial charge is 0.385 e. The van der Waals surface area contributed by atoms with Gasteiger partial charge in [-0.05, 0) is 24.0 Å². The molecule has 0 fully saturated rings. The van der Waals surface area contributed by atoms with Gasteiger partial charge in [0.1, 0.15) is 0 Å². The van der Waals surface area contributed by atoms with Gasteiger partial charge in [-0.2, -0.15) is 0 Å². The monoisotopic (exact) mass is 217 g/mol. The molecule has 1 heterocycles. The van der Waals surface area contributed by atoms with Crippen molar-refractivity contribution in [3.8, 4) is 0 Å². The Kier molecular flexibility index (Phi) is 3.59. The van der Waals surface area contributed by atoms with Gasteiger partial charge in [0.05, 0.1) is 6.04 Å². The smallest absolute Gasteiger partial charge is 0.0502 e. The zero-order valence-electron chi connectivity index (χ0n) is 9.45. The number of para-hydroxylation sites is 1. The van der Waals surface area contributed by atoms with Gasteiger partial charge in [-0.1, -0.05) is 30.4 Å². The first-order valence-corrected chi connectivity index (χ1v) is 5.81. The van der Waals surface area contributed by atoms with Crippen LogP contribution in [0.3, 0.4) is 0 Å². The summed E-state index contributed by atoms with van der Waals surface area (Å²) in [6.45, 7) is 1.58. The molecular weight excluding hydrogens is 198 g/mol. The lowest BCUT2D eigenvalue weighted by Gasteiger charge is -2.23. The fourth-order valence-electron chi connectivity index (χ4n) is 2.14. The van der Waals surface area contributed by atoms with Gasteiger partial charge in [-0.25, -0.2) is 0 Å². The van der Waals surface area contributed by atoms with E-state index in [1.54, 1.807) is 0 Å². The van der Waals surface area contributed by atoms with Crippen LogP contribution < -0.4 is 16.8 Å².